The average molecular weight is 338 g/mol. The molecule has 0 aliphatic carbocycles. The molecular weight excluding hydrogens is 319 g/mol. The summed E-state index contributed by atoms with van der Waals surface area (Å²) in [6.07, 6.45) is 2.27. The number of hydrogen-bond donors (Lipinski definition) is 1. The van der Waals surface area contributed by atoms with E-state index in [1.54, 1.807) is 23.0 Å². The molecule has 0 spiro atoms. The predicted octanol–water partition coefficient (Wildman–Crippen LogP) is 2.02. The molecule has 1 atom stereocenters. The number of ether oxygens (including phenoxy) is 1. The Morgan fingerprint density at radius 2 is 2.17 bits per heavy atom. The van der Waals surface area contributed by atoms with E-state index < -0.39 is 0 Å². The van der Waals surface area contributed by atoms with Crippen molar-refractivity contribution in [2.24, 2.45) is 7.05 Å². The first-order valence-corrected chi connectivity index (χ1v) is 8.11. The standard InChI is InChI=1S/C15H19FN4O2S/c1-11(23-15-19-18-10-20(15)2)14(21)17-8-3-9-22-13-6-4-12(16)5-7-13/h4-7,10-11H,3,8-9H2,1-2H3,(H,17,21)/t11-/m0/s1. The Balaban J connectivity index is 1.62. The monoisotopic (exact) mass is 338 g/mol. The summed E-state index contributed by atoms with van der Waals surface area (Å²) < 4.78 is 20.0. The summed E-state index contributed by atoms with van der Waals surface area (Å²) in [5.74, 6) is 0.266. The van der Waals surface area contributed by atoms with Gasteiger partial charge >= 0.3 is 0 Å². The lowest BCUT2D eigenvalue weighted by Gasteiger charge is -2.11. The lowest BCUT2D eigenvalue weighted by molar-refractivity contribution is -0.120. The number of hydrogen-bond acceptors (Lipinski definition) is 5. The normalized spacial score (nSPS) is 12.0. The summed E-state index contributed by atoms with van der Waals surface area (Å²) in [6.45, 7) is 2.80. The molecule has 1 amide bonds. The molecule has 2 rings (SSSR count). The van der Waals surface area contributed by atoms with Crippen molar-refractivity contribution in [1.29, 1.82) is 0 Å². The van der Waals surface area contributed by atoms with Crippen LogP contribution in [-0.4, -0.2) is 39.1 Å². The van der Waals surface area contributed by atoms with Gasteiger partial charge in [0.15, 0.2) is 5.16 Å². The van der Waals surface area contributed by atoms with Crippen molar-refractivity contribution in [3.63, 3.8) is 0 Å². The van der Waals surface area contributed by atoms with Gasteiger partial charge in [-0.15, -0.1) is 10.2 Å². The van der Waals surface area contributed by atoms with Crippen LogP contribution in [-0.2, 0) is 11.8 Å². The zero-order valence-corrected chi connectivity index (χ0v) is 13.8. The Morgan fingerprint density at radius 1 is 1.43 bits per heavy atom. The maximum Gasteiger partial charge on any atom is 0.233 e. The molecule has 0 fully saturated rings. The minimum atomic E-state index is -0.293. The topological polar surface area (TPSA) is 69.0 Å². The molecule has 1 N–H and O–H groups in total. The van der Waals surface area contributed by atoms with Gasteiger partial charge in [0.05, 0.1) is 11.9 Å². The molecule has 0 bridgehead atoms. The number of nitrogens with zero attached hydrogens (tertiary/aromatic N) is 3. The minimum Gasteiger partial charge on any atom is -0.494 e. The second kappa shape index (κ2) is 8.52. The van der Waals surface area contributed by atoms with Crippen LogP contribution in [0, 0.1) is 5.82 Å². The molecule has 23 heavy (non-hydrogen) atoms. The average Bonchev–Trinajstić information content (AvgIpc) is 2.93. The smallest absolute Gasteiger partial charge is 0.233 e. The van der Waals surface area contributed by atoms with Gasteiger partial charge in [0.1, 0.15) is 17.9 Å². The third kappa shape index (κ3) is 5.55. The highest BCUT2D eigenvalue weighted by Gasteiger charge is 2.16. The second-order valence-corrected chi connectivity index (χ2v) is 6.24. The number of carbonyl (C=O) groups excluding carboxylic acids is 1. The molecular formula is C15H19FN4O2S. The lowest BCUT2D eigenvalue weighted by atomic mass is 10.3. The van der Waals surface area contributed by atoms with Crippen molar-refractivity contribution in [3.8, 4) is 5.75 Å². The summed E-state index contributed by atoms with van der Waals surface area (Å²) in [5.41, 5.74) is 0. The quantitative estimate of drug-likeness (QED) is 0.589. The number of aryl methyl sites for hydroxylation is 1. The zero-order valence-electron chi connectivity index (χ0n) is 13.0. The van der Waals surface area contributed by atoms with Gasteiger partial charge in [-0.1, -0.05) is 11.8 Å². The fourth-order valence-corrected chi connectivity index (χ4v) is 2.55. The Hall–Kier alpha value is -2.09. The lowest BCUT2D eigenvalue weighted by Crippen LogP contribution is -2.32. The highest BCUT2D eigenvalue weighted by molar-refractivity contribution is 8.00. The van der Waals surface area contributed by atoms with Gasteiger partial charge < -0.3 is 14.6 Å². The largest absolute Gasteiger partial charge is 0.494 e. The molecule has 0 unspecified atom stereocenters. The van der Waals surface area contributed by atoms with E-state index in [1.165, 1.54) is 23.9 Å². The van der Waals surface area contributed by atoms with Crippen LogP contribution in [0.2, 0.25) is 0 Å². The van der Waals surface area contributed by atoms with Crippen molar-refractivity contribution in [1.82, 2.24) is 20.1 Å². The number of carbonyl (C=O) groups is 1. The molecule has 0 saturated carbocycles. The van der Waals surface area contributed by atoms with Crippen LogP contribution in [0.15, 0.2) is 35.7 Å². The molecule has 2 aromatic rings. The molecule has 8 heteroatoms. The third-order valence-corrected chi connectivity index (χ3v) is 4.17. The van der Waals surface area contributed by atoms with Gasteiger partial charge in [0, 0.05) is 13.6 Å². The van der Waals surface area contributed by atoms with Crippen molar-refractivity contribution < 1.29 is 13.9 Å². The molecule has 1 heterocycles. The van der Waals surface area contributed by atoms with Crippen molar-refractivity contribution in [2.45, 2.75) is 23.8 Å². The maximum absolute atomic E-state index is 12.7. The van der Waals surface area contributed by atoms with E-state index in [0.717, 1.165) is 0 Å². The van der Waals surface area contributed by atoms with Crippen LogP contribution in [0.25, 0.3) is 0 Å². The van der Waals surface area contributed by atoms with E-state index in [1.807, 2.05) is 14.0 Å². The Bertz CT molecular complexity index is 633. The Labute approximate surface area is 138 Å². The zero-order chi connectivity index (χ0) is 16.7. The fourth-order valence-electron chi connectivity index (χ4n) is 1.74. The van der Waals surface area contributed by atoms with Crippen LogP contribution in [0.3, 0.4) is 0 Å². The molecule has 1 aromatic heterocycles. The van der Waals surface area contributed by atoms with E-state index in [2.05, 4.69) is 15.5 Å². The number of halogens is 1. The van der Waals surface area contributed by atoms with Gasteiger partial charge in [-0.3, -0.25) is 4.79 Å². The van der Waals surface area contributed by atoms with E-state index in [9.17, 15) is 9.18 Å². The SMILES string of the molecule is C[C@H](Sc1nncn1C)C(=O)NCCCOc1ccc(F)cc1. The number of benzene rings is 1. The summed E-state index contributed by atoms with van der Waals surface area (Å²) in [6, 6.07) is 5.85. The molecule has 6 nitrogen and oxygen atoms in total. The maximum atomic E-state index is 12.7. The van der Waals surface area contributed by atoms with E-state index in [-0.39, 0.29) is 17.0 Å². The predicted molar refractivity (Wildman–Crippen MR) is 85.8 cm³/mol. The van der Waals surface area contributed by atoms with E-state index in [0.29, 0.717) is 30.5 Å². The third-order valence-electron chi connectivity index (χ3n) is 3.02. The summed E-state index contributed by atoms with van der Waals surface area (Å²) >= 11 is 1.36. The van der Waals surface area contributed by atoms with Crippen molar-refractivity contribution in [3.05, 3.63) is 36.4 Å². The van der Waals surface area contributed by atoms with Gasteiger partial charge in [-0.25, -0.2) is 4.39 Å². The highest BCUT2D eigenvalue weighted by Crippen LogP contribution is 2.19. The first kappa shape index (κ1) is 17.3. The van der Waals surface area contributed by atoms with Gasteiger partial charge in [0.25, 0.3) is 0 Å². The molecule has 124 valence electrons. The van der Waals surface area contributed by atoms with Crippen molar-refractivity contribution >= 4 is 17.7 Å². The molecule has 0 radical (unpaired) electrons. The van der Waals surface area contributed by atoms with Crippen LogP contribution >= 0.6 is 11.8 Å². The molecule has 0 aliphatic heterocycles. The molecule has 0 saturated heterocycles. The minimum absolute atomic E-state index is 0.0558. The Morgan fingerprint density at radius 3 is 2.83 bits per heavy atom. The van der Waals surface area contributed by atoms with Crippen LogP contribution in [0.1, 0.15) is 13.3 Å². The summed E-state index contributed by atoms with van der Waals surface area (Å²) in [5, 5.41) is 11.0. The van der Waals surface area contributed by atoms with Gasteiger partial charge in [-0.05, 0) is 37.6 Å². The Kier molecular flexibility index (Phi) is 6.40. The van der Waals surface area contributed by atoms with Gasteiger partial charge in [-0.2, -0.15) is 0 Å². The first-order chi connectivity index (χ1) is 11.1. The number of thioether (sulfide) groups is 1. The number of rotatable bonds is 8. The van der Waals surface area contributed by atoms with Gasteiger partial charge in [0.2, 0.25) is 5.91 Å². The number of aromatic nitrogens is 3. The first-order valence-electron chi connectivity index (χ1n) is 7.23. The van der Waals surface area contributed by atoms with E-state index >= 15 is 0 Å². The number of amides is 1. The fraction of sp³-hybridized carbons (Fsp3) is 0.400. The highest BCUT2D eigenvalue weighted by atomic mass is 32.2. The molecule has 1 aromatic carbocycles. The molecule has 0 aliphatic rings. The van der Waals surface area contributed by atoms with Crippen LogP contribution in [0.5, 0.6) is 5.75 Å². The summed E-state index contributed by atoms with van der Waals surface area (Å²) in [4.78, 5) is 12.0. The second-order valence-electron chi connectivity index (χ2n) is 4.93. The van der Waals surface area contributed by atoms with Crippen LogP contribution < -0.4 is 10.1 Å². The van der Waals surface area contributed by atoms with Crippen LogP contribution in [0.4, 0.5) is 4.39 Å². The van der Waals surface area contributed by atoms with Crippen molar-refractivity contribution in [2.75, 3.05) is 13.2 Å². The summed E-state index contributed by atoms with van der Waals surface area (Å²) in [7, 11) is 1.83. The number of nitrogens with one attached hydrogen (secondary N) is 1. The van der Waals surface area contributed by atoms with E-state index in [4.69, 9.17) is 4.74 Å².